The fourth-order valence-electron chi connectivity index (χ4n) is 2.18. The Labute approximate surface area is 94.4 Å². The maximum atomic E-state index is 5.35. The van der Waals surface area contributed by atoms with Gasteiger partial charge in [-0.05, 0) is 20.9 Å². The van der Waals surface area contributed by atoms with Crippen LogP contribution in [0.2, 0.25) is 0 Å². The van der Waals surface area contributed by atoms with Crippen LogP contribution in [0, 0.1) is 0 Å². The summed E-state index contributed by atoms with van der Waals surface area (Å²) in [6, 6.07) is 0.672. The minimum absolute atomic E-state index is 0.350. The fourth-order valence-corrected chi connectivity index (χ4v) is 2.18. The summed E-state index contributed by atoms with van der Waals surface area (Å²) in [5, 5.41) is 0. The molecule has 0 radical (unpaired) electrons. The van der Waals surface area contributed by atoms with Crippen molar-refractivity contribution in [1.82, 2.24) is 9.80 Å². The molecule has 1 spiro atoms. The molecule has 2 rings (SSSR count). The standard InChI is InChI=1S/C10H20N2O.C2H6/c1-9(2)12-5-4-11(3)10(6-12)7-13-8-10;1-2/h9H,4-8H2,1-3H3;1-2H3. The minimum atomic E-state index is 0.350. The van der Waals surface area contributed by atoms with Gasteiger partial charge in [0.2, 0.25) is 0 Å². The van der Waals surface area contributed by atoms with E-state index in [-0.39, 0.29) is 0 Å². The highest BCUT2D eigenvalue weighted by atomic mass is 16.5. The number of ether oxygens (including phenoxy) is 1. The summed E-state index contributed by atoms with van der Waals surface area (Å²) in [6.07, 6.45) is 0. The van der Waals surface area contributed by atoms with Crippen molar-refractivity contribution in [2.75, 3.05) is 39.9 Å². The van der Waals surface area contributed by atoms with Crippen molar-refractivity contribution in [2.24, 2.45) is 0 Å². The van der Waals surface area contributed by atoms with Crippen LogP contribution >= 0.6 is 0 Å². The van der Waals surface area contributed by atoms with Crippen LogP contribution in [0.15, 0.2) is 0 Å². The van der Waals surface area contributed by atoms with E-state index in [0.29, 0.717) is 11.6 Å². The van der Waals surface area contributed by atoms with Crippen LogP contribution < -0.4 is 0 Å². The third-order valence-electron chi connectivity index (χ3n) is 3.50. The summed E-state index contributed by atoms with van der Waals surface area (Å²) in [5.74, 6) is 0. The second-order valence-electron chi connectivity index (χ2n) is 4.70. The van der Waals surface area contributed by atoms with Crippen molar-refractivity contribution in [3.63, 3.8) is 0 Å². The third kappa shape index (κ3) is 2.52. The molecular weight excluding hydrogens is 188 g/mol. The van der Waals surface area contributed by atoms with Gasteiger partial charge in [0.1, 0.15) is 0 Å². The van der Waals surface area contributed by atoms with Gasteiger partial charge in [0.15, 0.2) is 0 Å². The first kappa shape index (κ1) is 12.9. The van der Waals surface area contributed by atoms with E-state index in [0.717, 1.165) is 13.2 Å². The maximum absolute atomic E-state index is 5.35. The van der Waals surface area contributed by atoms with E-state index in [1.807, 2.05) is 13.8 Å². The van der Waals surface area contributed by atoms with Gasteiger partial charge in [-0.15, -0.1) is 0 Å². The highest BCUT2D eigenvalue weighted by Crippen LogP contribution is 2.28. The smallest absolute Gasteiger partial charge is 0.0805 e. The zero-order valence-electron chi connectivity index (χ0n) is 10.9. The van der Waals surface area contributed by atoms with E-state index in [2.05, 4.69) is 30.7 Å². The molecule has 0 aromatic rings. The van der Waals surface area contributed by atoms with Crippen LogP contribution in [0.4, 0.5) is 0 Å². The van der Waals surface area contributed by atoms with Crippen LogP contribution in [0.1, 0.15) is 27.7 Å². The lowest BCUT2D eigenvalue weighted by Crippen LogP contribution is -2.71. The molecule has 2 heterocycles. The van der Waals surface area contributed by atoms with E-state index in [1.54, 1.807) is 0 Å². The summed E-state index contributed by atoms with van der Waals surface area (Å²) < 4.78 is 5.35. The molecule has 15 heavy (non-hydrogen) atoms. The molecule has 0 atom stereocenters. The predicted octanol–water partition coefficient (Wildman–Crippen LogP) is 1.44. The van der Waals surface area contributed by atoms with Gasteiger partial charge < -0.3 is 4.74 Å². The molecule has 3 nitrogen and oxygen atoms in total. The van der Waals surface area contributed by atoms with Gasteiger partial charge in [-0.2, -0.15) is 0 Å². The lowest BCUT2D eigenvalue weighted by Gasteiger charge is -2.54. The molecule has 2 fully saturated rings. The highest BCUT2D eigenvalue weighted by molar-refractivity contribution is 5.01. The van der Waals surface area contributed by atoms with Crippen LogP contribution in [0.25, 0.3) is 0 Å². The minimum Gasteiger partial charge on any atom is -0.377 e. The van der Waals surface area contributed by atoms with E-state index >= 15 is 0 Å². The molecule has 0 aliphatic carbocycles. The summed E-state index contributed by atoms with van der Waals surface area (Å²) >= 11 is 0. The zero-order valence-corrected chi connectivity index (χ0v) is 10.9. The Morgan fingerprint density at radius 1 is 1.13 bits per heavy atom. The van der Waals surface area contributed by atoms with Gasteiger partial charge in [-0.1, -0.05) is 13.8 Å². The van der Waals surface area contributed by atoms with Gasteiger partial charge in [-0.3, -0.25) is 9.80 Å². The SMILES string of the molecule is CC.CC(C)N1CCN(C)C2(COC2)C1. The summed E-state index contributed by atoms with van der Waals surface area (Å²) in [4.78, 5) is 5.03. The number of hydrogen-bond donors (Lipinski definition) is 0. The maximum Gasteiger partial charge on any atom is 0.0805 e. The Morgan fingerprint density at radius 3 is 2.13 bits per heavy atom. The summed E-state index contributed by atoms with van der Waals surface area (Å²) in [6.45, 7) is 14.0. The van der Waals surface area contributed by atoms with Crippen molar-refractivity contribution in [1.29, 1.82) is 0 Å². The van der Waals surface area contributed by atoms with Gasteiger partial charge in [0.25, 0.3) is 0 Å². The first-order valence-corrected chi connectivity index (χ1v) is 6.17. The normalized spacial score (nSPS) is 26.0. The molecule has 3 heteroatoms. The summed E-state index contributed by atoms with van der Waals surface area (Å²) in [7, 11) is 2.22. The molecule has 0 bridgehead atoms. The average molecular weight is 214 g/mol. The van der Waals surface area contributed by atoms with Crippen LogP contribution in [0.5, 0.6) is 0 Å². The van der Waals surface area contributed by atoms with E-state index in [9.17, 15) is 0 Å². The fraction of sp³-hybridized carbons (Fsp3) is 1.00. The molecule has 0 amide bonds. The molecule has 0 aromatic heterocycles. The summed E-state index contributed by atoms with van der Waals surface area (Å²) in [5.41, 5.74) is 0.350. The predicted molar refractivity (Wildman–Crippen MR) is 64.2 cm³/mol. The van der Waals surface area contributed by atoms with Crippen LogP contribution in [-0.4, -0.2) is 61.3 Å². The Morgan fingerprint density at radius 2 is 1.73 bits per heavy atom. The Balaban J connectivity index is 0.000000531. The van der Waals surface area contributed by atoms with E-state index in [4.69, 9.17) is 4.74 Å². The monoisotopic (exact) mass is 214 g/mol. The first-order valence-electron chi connectivity index (χ1n) is 6.17. The van der Waals surface area contributed by atoms with Crippen LogP contribution in [0.3, 0.4) is 0 Å². The van der Waals surface area contributed by atoms with Gasteiger partial charge in [0.05, 0.1) is 18.8 Å². The van der Waals surface area contributed by atoms with Crippen molar-refractivity contribution in [2.45, 2.75) is 39.3 Å². The lowest BCUT2D eigenvalue weighted by molar-refractivity contribution is -0.164. The molecule has 90 valence electrons. The first-order chi connectivity index (χ1) is 7.14. The Hall–Kier alpha value is -0.120. The molecule has 2 aliphatic rings. The molecule has 2 aliphatic heterocycles. The quantitative estimate of drug-likeness (QED) is 0.657. The molecule has 0 unspecified atom stereocenters. The molecule has 0 saturated carbocycles. The van der Waals surface area contributed by atoms with Gasteiger partial charge in [0, 0.05) is 25.7 Å². The molecule has 0 N–H and O–H groups in total. The molecular formula is C12H26N2O. The number of hydrogen-bond acceptors (Lipinski definition) is 3. The van der Waals surface area contributed by atoms with E-state index in [1.165, 1.54) is 19.6 Å². The number of nitrogens with zero attached hydrogens (tertiary/aromatic N) is 2. The van der Waals surface area contributed by atoms with Gasteiger partial charge >= 0.3 is 0 Å². The second-order valence-corrected chi connectivity index (χ2v) is 4.70. The Bertz CT molecular complexity index is 190. The lowest BCUT2D eigenvalue weighted by atomic mass is 9.91. The molecule has 2 saturated heterocycles. The number of likely N-dealkylation sites (N-methyl/N-ethyl adjacent to an activating group) is 1. The topological polar surface area (TPSA) is 15.7 Å². The Kier molecular flexibility index (Phi) is 4.56. The highest BCUT2D eigenvalue weighted by Gasteiger charge is 2.46. The zero-order chi connectivity index (χ0) is 11.5. The van der Waals surface area contributed by atoms with Crippen molar-refractivity contribution in [3.05, 3.63) is 0 Å². The molecule has 0 aromatic carbocycles. The van der Waals surface area contributed by atoms with Crippen molar-refractivity contribution in [3.8, 4) is 0 Å². The second kappa shape index (κ2) is 5.28. The van der Waals surface area contributed by atoms with Crippen molar-refractivity contribution < 1.29 is 4.74 Å². The number of piperazine rings is 1. The average Bonchev–Trinajstić information content (AvgIpc) is 2.19. The third-order valence-corrected chi connectivity index (χ3v) is 3.50. The van der Waals surface area contributed by atoms with E-state index < -0.39 is 0 Å². The van der Waals surface area contributed by atoms with Gasteiger partial charge in [-0.25, -0.2) is 0 Å². The van der Waals surface area contributed by atoms with Crippen molar-refractivity contribution >= 4 is 0 Å². The largest absolute Gasteiger partial charge is 0.377 e. The van der Waals surface area contributed by atoms with Crippen LogP contribution in [-0.2, 0) is 4.74 Å². The number of rotatable bonds is 1.